The van der Waals surface area contributed by atoms with E-state index in [2.05, 4.69) is 0 Å². The molecule has 4 nitrogen and oxygen atoms in total. The lowest BCUT2D eigenvalue weighted by Gasteiger charge is -2.15. The Kier molecular flexibility index (Phi) is 3.40. The Labute approximate surface area is 117 Å². The molecule has 0 aliphatic carbocycles. The fraction of sp³-hybridized carbons (Fsp3) is 0.375. The van der Waals surface area contributed by atoms with Gasteiger partial charge in [-0.2, -0.15) is 0 Å². The topological polar surface area (TPSA) is 51.8 Å². The molecule has 0 bridgehead atoms. The summed E-state index contributed by atoms with van der Waals surface area (Å²) in [6.45, 7) is 2.03. The summed E-state index contributed by atoms with van der Waals surface area (Å²) < 4.78 is 16.4. The van der Waals surface area contributed by atoms with Crippen molar-refractivity contribution in [1.29, 1.82) is 0 Å². The minimum atomic E-state index is -0.680. The van der Waals surface area contributed by atoms with Crippen LogP contribution in [0.1, 0.15) is 29.9 Å². The third-order valence-electron chi connectivity index (χ3n) is 3.58. The second-order valence-corrected chi connectivity index (χ2v) is 5.13. The molecule has 2 aromatic rings. The molecule has 0 amide bonds. The van der Waals surface area contributed by atoms with Crippen LogP contribution < -0.4 is 9.47 Å². The van der Waals surface area contributed by atoms with E-state index in [0.717, 1.165) is 29.1 Å². The minimum Gasteiger partial charge on any atom is -0.496 e. The zero-order chi connectivity index (χ0) is 14.1. The summed E-state index contributed by atoms with van der Waals surface area (Å²) in [7, 11) is 1.62. The van der Waals surface area contributed by atoms with Crippen LogP contribution in [0.15, 0.2) is 34.9 Å². The maximum atomic E-state index is 10.4. The van der Waals surface area contributed by atoms with Gasteiger partial charge in [0.1, 0.15) is 23.4 Å². The number of furan rings is 1. The van der Waals surface area contributed by atoms with Crippen molar-refractivity contribution in [3.05, 3.63) is 47.4 Å². The van der Waals surface area contributed by atoms with E-state index in [9.17, 15) is 5.11 Å². The van der Waals surface area contributed by atoms with Gasteiger partial charge in [-0.1, -0.05) is 0 Å². The standard InChI is InChI=1S/C16H18O4/c1-10-6-11-7-16(18-2)13(9-15(11)20-10)14(17)8-12-4-3-5-19-12/h3-5,7,9-10,14,17H,6,8H2,1-2H3. The largest absolute Gasteiger partial charge is 0.496 e. The zero-order valence-electron chi connectivity index (χ0n) is 11.6. The van der Waals surface area contributed by atoms with E-state index < -0.39 is 6.10 Å². The van der Waals surface area contributed by atoms with Crippen molar-refractivity contribution >= 4 is 0 Å². The van der Waals surface area contributed by atoms with Crippen molar-refractivity contribution in [3.8, 4) is 11.5 Å². The van der Waals surface area contributed by atoms with Crippen molar-refractivity contribution in [1.82, 2.24) is 0 Å². The highest BCUT2D eigenvalue weighted by Gasteiger charge is 2.24. The summed E-state index contributed by atoms with van der Waals surface area (Å²) in [5, 5.41) is 10.4. The number of aliphatic hydroxyl groups is 1. The third-order valence-corrected chi connectivity index (χ3v) is 3.58. The highest BCUT2D eigenvalue weighted by atomic mass is 16.5. The average Bonchev–Trinajstić information content (AvgIpc) is 3.04. The molecular weight excluding hydrogens is 256 g/mol. The molecule has 1 aromatic heterocycles. The summed E-state index contributed by atoms with van der Waals surface area (Å²) in [6, 6.07) is 7.50. The fourth-order valence-electron chi connectivity index (χ4n) is 2.62. The number of benzene rings is 1. The second-order valence-electron chi connectivity index (χ2n) is 5.13. The van der Waals surface area contributed by atoms with Crippen molar-refractivity contribution in [2.45, 2.75) is 32.0 Å². The van der Waals surface area contributed by atoms with Crippen LogP contribution in [0.4, 0.5) is 0 Å². The predicted molar refractivity (Wildman–Crippen MR) is 74.2 cm³/mol. The number of rotatable bonds is 4. The van der Waals surface area contributed by atoms with Gasteiger partial charge in [-0.15, -0.1) is 0 Å². The lowest BCUT2D eigenvalue weighted by atomic mass is 10.0. The van der Waals surface area contributed by atoms with Gasteiger partial charge in [-0.25, -0.2) is 0 Å². The van der Waals surface area contributed by atoms with Crippen LogP contribution in [0.2, 0.25) is 0 Å². The van der Waals surface area contributed by atoms with Crippen LogP contribution in [-0.4, -0.2) is 18.3 Å². The van der Waals surface area contributed by atoms with Gasteiger partial charge in [0.15, 0.2) is 0 Å². The monoisotopic (exact) mass is 274 g/mol. The smallest absolute Gasteiger partial charge is 0.125 e. The van der Waals surface area contributed by atoms with Gasteiger partial charge in [0.2, 0.25) is 0 Å². The maximum Gasteiger partial charge on any atom is 0.125 e. The lowest BCUT2D eigenvalue weighted by Crippen LogP contribution is -2.05. The molecular formula is C16H18O4. The van der Waals surface area contributed by atoms with Gasteiger partial charge >= 0.3 is 0 Å². The minimum absolute atomic E-state index is 0.173. The number of ether oxygens (including phenoxy) is 2. The molecule has 3 rings (SSSR count). The molecule has 0 saturated carbocycles. The van der Waals surface area contributed by atoms with Gasteiger partial charge < -0.3 is 19.0 Å². The molecule has 4 heteroatoms. The van der Waals surface area contributed by atoms with Gasteiger partial charge in [0.05, 0.1) is 19.5 Å². The molecule has 2 atom stereocenters. The number of fused-ring (bicyclic) bond motifs is 1. The lowest BCUT2D eigenvalue weighted by molar-refractivity contribution is 0.165. The zero-order valence-corrected chi connectivity index (χ0v) is 11.6. The van der Waals surface area contributed by atoms with Crippen molar-refractivity contribution in [3.63, 3.8) is 0 Å². The Morgan fingerprint density at radius 1 is 1.45 bits per heavy atom. The fourth-order valence-corrected chi connectivity index (χ4v) is 2.62. The first-order valence-electron chi connectivity index (χ1n) is 6.75. The summed E-state index contributed by atoms with van der Waals surface area (Å²) in [6.07, 6.45) is 2.39. The Hall–Kier alpha value is -1.94. The first-order chi connectivity index (χ1) is 9.67. The Morgan fingerprint density at radius 2 is 2.30 bits per heavy atom. The van der Waals surface area contributed by atoms with E-state index >= 15 is 0 Å². The van der Waals surface area contributed by atoms with Crippen LogP contribution in [0, 0.1) is 0 Å². The molecule has 106 valence electrons. The first kappa shape index (κ1) is 13.1. The van der Waals surface area contributed by atoms with Crippen molar-refractivity contribution in [2.75, 3.05) is 7.11 Å². The van der Waals surface area contributed by atoms with Crippen molar-refractivity contribution < 1.29 is 19.0 Å². The molecule has 1 N–H and O–H groups in total. The average molecular weight is 274 g/mol. The SMILES string of the molecule is COc1cc2c(cc1C(O)Cc1ccco1)OC(C)C2. The molecule has 2 unspecified atom stereocenters. The molecule has 1 aliphatic heterocycles. The number of methoxy groups -OCH3 is 1. The molecule has 1 aliphatic rings. The van der Waals surface area contributed by atoms with E-state index in [1.807, 2.05) is 31.2 Å². The highest BCUT2D eigenvalue weighted by molar-refractivity contribution is 5.49. The first-order valence-corrected chi connectivity index (χ1v) is 6.75. The molecule has 1 aromatic carbocycles. The van der Waals surface area contributed by atoms with Crippen LogP contribution in [0.25, 0.3) is 0 Å². The maximum absolute atomic E-state index is 10.4. The van der Waals surface area contributed by atoms with E-state index in [4.69, 9.17) is 13.9 Å². The molecule has 0 fully saturated rings. The van der Waals surface area contributed by atoms with Gasteiger partial charge in [-0.05, 0) is 31.2 Å². The molecule has 20 heavy (non-hydrogen) atoms. The summed E-state index contributed by atoms with van der Waals surface area (Å²) in [5.41, 5.74) is 1.86. The Morgan fingerprint density at radius 3 is 3.00 bits per heavy atom. The van der Waals surface area contributed by atoms with Crippen molar-refractivity contribution in [2.24, 2.45) is 0 Å². The van der Waals surface area contributed by atoms with E-state index in [1.54, 1.807) is 13.4 Å². The van der Waals surface area contributed by atoms with Crippen LogP contribution in [-0.2, 0) is 12.8 Å². The summed E-state index contributed by atoms with van der Waals surface area (Å²) in [5.74, 6) is 2.28. The predicted octanol–water partition coefficient (Wildman–Crippen LogP) is 2.89. The molecule has 0 saturated heterocycles. The second kappa shape index (κ2) is 5.21. The summed E-state index contributed by atoms with van der Waals surface area (Å²) >= 11 is 0. The summed E-state index contributed by atoms with van der Waals surface area (Å²) in [4.78, 5) is 0. The molecule has 0 radical (unpaired) electrons. The van der Waals surface area contributed by atoms with Crippen LogP contribution in [0.3, 0.4) is 0 Å². The van der Waals surface area contributed by atoms with Gasteiger partial charge in [0, 0.05) is 24.0 Å². The quantitative estimate of drug-likeness (QED) is 0.931. The number of aliphatic hydroxyl groups excluding tert-OH is 1. The number of hydrogen-bond acceptors (Lipinski definition) is 4. The van der Waals surface area contributed by atoms with Crippen LogP contribution >= 0.6 is 0 Å². The Balaban J connectivity index is 1.90. The third kappa shape index (κ3) is 2.39. The normalized spacial score (nSPS) is 18.4. The molecule has 2 heterocycles. The highest BCUT2D eigenvalue weighted by Crippen LogP contribution is 2.38. The van der Waals surface area contributed by atoms with E-state index in [0.29, 0.717) is 12.2 Å². The Bertz CT molecular complexity index is 589. The number of hydrogen-bond donors (Lipinski definition) is 1. The molecule has 0 spiro atoms. The van der Waals surface area contributed by atoms with E-state index in [1.165, 1.54) is 0 Å². The van der Waals surface area contributed by atoms with E-state index in [-0.39, 0.29) is 6.10 Å². The van der Waals surface area contributed by atoms with Gasteiger partial charge in [-0.3, -0.25) is 0 Å². The van der Waals surface area contributed by atoms with Crippen LogP contribution in [0.5, 0.6) is 11.5 Å². The van der Waals surface area contributed by atoms with Gasteiger partial charge in [0.25, 0.3) is 0 Å².